The zero-order valence-corrected chi connectivity index (χ0v) is 21.5. The second kappa shape index (κ2) is 9.70. The quantitative estimate of drug-likeness (QED) is 0.418. The first kappa shape index (κ1) is 25.6. The van der Waals surface area contributed by atoms with E-state index < -0.39 is 21.8 Å². The van der Waals surface area contributed by atoms with E-state index in [-0.39, 0.29) is 28.1 Å². The Labute approximate surface area is 219 Å². The van der Waals surface area contributed by atoms with Crippen LogP contribution in [0.1, 0.15) is 22.3 Å². The standard InChI is InChI=1S/C27H25ClF3N3O2S/c1-18-4-2-5-21(14-18)37(35,36)34-17-20-16-32-12-13-33(20)25-11-9-19(15-26(25)34)8-10-22-23(27(29,30)31)6-3-7-24(22)28/h2-11,14-15,20,32H,12-13,16-17H2,1H3/b10-8+/t20-/m0/s1. The number of anilines is 2. The molecule has 1 N–H and O–H groups in total. The second-order valence-electron chi connectivity index (χ2n) is 9.18. The molecule has 2 heterocycles. The Morgan fingerprint density at radius 3 is 2.57 bits per heavy atom. The number of piperazine rings is 1. The van der Waals surface area contributed by atoms with E-state index in [4.69, 9.17) is 11.6 Å². The van der Waals surface area contributed by atoms with Crippen LogP contribution in [-0.2, 0) is 16.2 Å². The molecule has 1 atom stereocenters. The van der Waals surface area contributed by atoms with Crippen molar-refractivity contribution in [3.8, 4) is 0 Å². The van der Waals surface area contributed by atoms with Crippen molar-refractivity contribution in [1.82, 2.24) is 5.32 Å². The number of sulfonamides is 1. The van der Waals surface area contributed by atoms with Gasteiger partial charge in [0.2, 0.25) is 0 Å². The van der Waals surface area contributed by atoms with Gasteiger partial charge in [-0.1, -0.05) is 48.0 Å². The number of nitrogens with zero attached hydrogens (tertiary/aromatic N) is 2. The molecule has 0 aliphatic carbocycles. The summed E-state index contributed by atoms with van der Waals surface area (Å²) in [5.74, 6) is 0. The van der Waals surface area contributed by atoms with Gasteiger partial charge in [-0.2, -0.15) is 13.2 Å². The van der Waals surface area contributed by atoms with E-state index >= 15 is 0 Å². The summed E-state index contributed by atoms with van der Waals surface area (Å²) in [6.45, 7) is 4.23. The van der Waals surface area contributed by atoms with Crippen LogP contribution >= 0.6 is 11.6 Å². The minimum Gasteiger partial charge on any atom is -0.362 e. The van der Waals surface area contributed by atoms with Gasteiger partial charge in [0.05, 0.1) is 34.4 Å². The highest BCUT2D eigenvalue weighted by molar-refractivity contribution is 7.92. The Morgan fingerprint density at radius 1 is 1.03 bits per heavy atom. The smallest absolute Gasteiger partial charge is 0.362 e. The van der Waals surface area contributed by atoms with Gasteiger partial charge in [0.25, 0.3) is 10.0 Å². The summed E-state index contributed by atoms with van der Waals surface area (Å²) >= 11 is 6.11. The number of rotatable bonds is 4. The van der Waals surface area contributed by atoms with Crippen molar-refractivity contribution in [2.75, 3.05) is 35.4 Å². The summed E-state index contributed by atoms with van der Waals surface area (Å²) in [5.41, 5.74) is 1.69. The molecule has 2 aliphatic rings. The van der Waals surface area contributed by atoms with E-state index in [1.54, 1.807) is 30.3 Å². The molecule has 5 rings (SSSR count). The molecule has 0 amide bonds. The average Bonchev–Trinajstić information content (AvgIpc) is 2.86. The molecular weight excluding hydrogens is 523 g/mol. The first-order valence-electron chi connectivity index (χ1n) is 11.8. The fourth-order valence-corrected chi connectivity index (χ4v) is 6.73. The largest absolute Gasteiger partial charge is 0.417 e. The van der Waals surface area contributed by atoms with E-state index in [1.807, 2.05) is 19.1 Å². The maximum absolute atomic E-state index is 13.8. The molecule has 0 unspecified atom stereocenters. The maximum Gasteiger partial charge on any atom is 0.417 e. The number of nitrogens with one attached hydrogen (secondary N) is 1. The molecule has 1 fully saturated rings. The van der Waals surface area contributed by atoms with Gasteiger partial charge < -0.3 is 10.2 Å². The van der Waals surface area contributed by atoms with Gasteiger partial charge in [0.1, 0.15) is 0 Å². The minimum absolute atomic E-state index is 0.0173. The van der Waals surface area contributed by atoms with Crippen LogP contribution in [0.15, 0.2) is 65.6 Å². The van der Waals surface area contributed by atoms with Crippen molar-refractivity contribution in [1.29, 1.82) is 0 Å². The zero-order valence-electron chi connectivity index (χ0n) is 20.0. The summed E-state index contributed by atoms with van der Waals surface area (Å²) in [6, 6.07) is 15.7. The normalized spacial score (nSPS) is 18.1. The number of halogens is 4. The van der Waals surface area contributed by atoms with Crippen LogP contribution in [0, 0.1) is 6.92 Å². The summed E-state index contributed by atoms with van der Waals surface area (Å²) < 4.78 is 69.6. The Hall–Kier alpha value is -3.01. The Kier molecular flexibility index (Phi) is 6.72. The molecule has 0 saturated carbocycles. The topological polar surface area (TPSA) is 52.7 Å². The lowest BCUT2D eigenvalue weighted by molar-refractivity contribution is -0.137. The van der Waals surface area contributed by atoms with E-state index in [9.17, 15) is 21.6 Å². The Balaban J connectivity index is 1.59. The fraction of sp³-hybridized carbons (Fsp3) is 0.259. The first-order chi connectivity index (χ1) is 17.6. The minimum atomic E-state index is -4.56. The predicted molar refractivity (Wildman–Crippen MR) is 142 cm³/mol. The molecule has 0 radical (unpaired) electrons. The van der Waals surface area contributed by atoms with Crippen molar-refractivity contribution in [2.24, 2.45) is 0 Å². The van der Waals surface area contributed by atoms with E-state index in [0.717, 1.165) is 30.4 Å². The van der Waals surface area contributed by atoms with Crippen molar-refractivity contribution < 1.29 is 21.6 Å². The molecule has 3 aromatic rings. The van der Waals surface area contributed by atoms with Crippen molar-refractivity contribution in [2.45, 2.75) is 24.0 Å². The van der Waals surface area contributed by atoms with Gasteiger partial charge in [-0.3, -0.25) is 4.31 Å². The number of aryl methyl sites for hydroxylation is 1. The summed E-state index contributed by atoms with van der Waals surface area (Å²) in [5, 5.41) is 3.31. The molecule has 37 heavy (non-hydrogen) atoms. The lowest BCUT2D eigenvalue weighted by atomic mass is 10.0. The molecule has 0 spiro atoms. The van der Waals surface area contributed by atoms with Crippen molar-refractivity contribution in [3.05, 3.63) is 87.9 Å². The number of fused-ring (bicyclic) bond motifs is 3. The third-order valence-electron chi connectivity index (χ3n) is 6.68. The SMILES string of the molecule is Cc1cccc(S(=O)(=O)N2C[C@@H]3CNCCN3c3ccc(/C=C/c4c(Cl)cccc4C(F)(F)F)cc32)c1. The lowest BCUT2D eigenvalue weighted by Gasteiger charge is -2.46. The second-order valence-corrected chi connectivity index (χ2v) is 11.5. The van der Waals surface area contributed by atoms with Gasteiger partial charge in [-0.25, -0.2) is 8.42 Å². The fourth-order valence-electron chi connectivity index (χ4n) is 4.88. The van der Waals surface area contributed by atoms with Crippen LogP contribution in [0.25, 0.3) is 12.2 Å². The summed E-state index contributed by atoms with van der Waals surface area (Å²) in [4.78, 5) is 2.39. The van der Waals surface area contributed by atoms with E-state index in [1.165, 1.54) is 28.6 Å². The molecule has 3 aromatic carbocycles. The van der Waals surface area contributed by atoms with E-state index in [0.29, 0.717) is 17.8 Å². The average molecular weight is 548 g/mol. The predicted octanol–water partition coefficient (Wildman–Crippen LogP) is 5.82. The Morgan fingerprint density at radius 2 is 1.81 bits per heavy atom. The molecule has 0 aromatic heterocycles. The molecular formula is C27H25ClF3N3O2S. The molecule has 194 valence electrons. The third-order valence-corrected chi connectivity index (χ3v) is 8.79. The van der Waals surface area contributed by atoms with Gasteiger partial charge in [-0.15, -0.1) is 0 Å². The summed E-state index contributed by atoms with van der Waals surface area (Å²) in [7, 11) is -3.88. The van der Waals surface area contributed by atoms with Gasteiger partial charge >= 0.3 is 6.18 Å². The number of benzene rings is 3. The Bertz CT molecular complexity index is 1470. The lowest BCUT2D eigenvalue weighted by Crippen LogP contribution is -2.59. The van der Waals surface area contributed by atoms with Crippen LogP contribution in [0.5, 0.6) is 0 Å². The highest BCUT2D eigenvalue weighted by atomic mass is 35.5. The van der Waals surface area contributed by atoms with Crippen LogP contribution in [0.4, 0.5) is 24.5 Å². The highest BCUT2D eigenvalue weighted by Crippen LogP contribution is 2.41. The summed E-state index contributed by atoms with van der Waals surface area (Å²) in [6.07, 6.45) is -1.71. The first-order valence-corrected chi connectivity index (χ1v) is 13.6. The third kappa shape index (κ3) is 4.95. The maximum atomic E-state index is 13.8. The van der Waals surface area contributed by atoms with E-state index in [2.05, 4.69) is 10.2 Å². The molecule has 1 saturated heterocycles. The number of hydrogen-bond donors (Lipinski definition) is 1. The van der Waals surface area contributed by atoms with Crippen molar-refractivity contribution in [3.63, 3.8) is 0 Å². The van der Waals surface area contributed by atoms with Crippen molar-refractivity contribution >= 4 is 45.2 Å². The monoisotopic (exact) mass is 547 g/mol. The van der Waals surface area contributed by atoms with Crippen LogP contribution in [-0.4, -0.2) is 40.6 Å². The molecule has 2 aliphatic heterocycles. The van der Waals surface area contributed by atoms with Gasteiger partial charge in [0.15, 0.2) is 0 Å². The van der Waals surface area contributed by atoms with Gasteiger partial charge in [-0.05, 0) is 54.4 Å². The molecule has 10 heteroatoms. The number of hydrogen-bond acceptors (Lipinski definition) is 4. The molecule has 0 bridgehead atoms. The van der Waals surface area contributed by atoms with Gasteiger partial charge in [0, 0.05) is 30.2 Å². The van der Waals surface area contributed by atoms with Crippen LogP contribution in [0.2, 0.25) is 5.02 Å². The highest BCUT2D eigenvalue weighted by Gasteiger charge is 2.38. The zero-order chi connectivity index (χ0) is 26.4. The van der Waals surface area contributed by atoms with Crippen LogP contribution < -0.4 is 14.5 Å². The number of alkyl halides is 3. The van der Waals surface area contributed by atoms with Crippen LogP contribution in [0.3, 0.4) is 0 Å². The molecule has 5 nitrogen and oxygen atoms in total.